The van der Waals surface area contributed by atoms with Crippen molar-refractivity contribution >= 4 is 40.5 Å². The highest BCUT2D eigenvalue weighted by Crippen LogP contribution is 2.32. The first-order valence-electron chi connectivity index (χ1n) is 5.43. The molecule has 104 valence electrons. The average molecular weight is 330 g/mol. The molecule has 1 unspecified atom stereocenters. The van der Waals surface area contributed by atoms with Gasteiger partial charge in [0, 0.05) is 11.6 Å². The van der Waals surface area contributed by atoms with Gasteiger partial charge in [0.25, 0.3) is 0 Å². The van der Waals surface area contributed by atoms with Gasteiger partial charge in [-0.2, -0.15) is 0 Å². The maximum absolute atomic E-state index is 11.9. The van der Waals surface area contributed by atoms with Crippen LogP contribution in [0.2, 0.25) is 10.0 Å². The molecule has 1 aromatic carbocycles. The van der Waals surface area contributed by atoms with Crippen molar-refractivity contribution in [3.63, 3.8) is 0 Å². The lowest BCUT2D eigenvalue weighted by Crippen LogP contribution is -2.16. The van der Waals surface area contributed by atoms with E-state index in [-0.39, 0.29) is 21.4 Å². The molecule has 0 aliphatic heterocycles. The Labute approximate surface area is 129 Å². The third kappa shape index (κ3) is 3.19. The number of aliphatic hydroxyl groups excluding tert-OH is 1. The number of nitrogens with zero attached hydrogens (tertiary/aromatic N) is 1. The lowest BCUT2D eigenvalue weighted by atomic mass is 10.2. The number of benzene rings is 1. The normalized spacial score (nSPS) is 11.9. The van der Waals surface area contributed by atoms with Gasteiger partial charge in [-0.05, 0) is 12.1 Å². The van der Waals surface area contributed by atoms with E-state index in [1.807, 2.05) is 0 Å². The Morgan fingerprint density at radius 1 is 1.45 bits per heavy atom. The molecule has 0 saturated carbocycles. The average Bonchev–Trinajstić information content (AvgIpc) is 2.96. The number of ether oxygens (including phenoxy) is 1. The fourth-order valence-corrected chi connectivity index (χ4v) is 2.34. The first-order chi connectivity index (χ1) is 9.50. The molecule has 1 N–H and O–H groups in total. The van der Waals surface area contributed by atoms with Gasteiger partial charge < -0.3 is 9.84 Å². The zero-order chi connectivity index (χ0) is 14.7. The molecule has 0 aliphatic rings. The molecule has 1 heterocycles. The van der Waals surface area contributed by atoms with Gasteiger partial charge in [0.1, 0.15) is 16.1 Å². The van der Waals surface area contributed by atoms with Gasteiger partial charge in [-0.1, -0.05) is 35.8 Å². The molecule has 1 atom stereocenters. The van der Waals surface area contributed by atoms with E-state index in [2.05, 4.69) is 11.6 Å². The van der Waals surface area contributed by atoms with Crippen LogP contribution in [0.4, 0.5) is 0 Å². The maximum Gasteiger partial charge on any atom is 0.341 e. The van der Waals surface area contributed by atoms with E-state index < -0.39 is 12.1 Å². The van der Waals surface area contributed by atoms with E-state index in [0.29, 0.717) is 5.01 Å². The summed E-state index contributed by atoms with van der Waals surface area (Å²) in [5.41, 5.74) is -0.129. The smallest absolute Gasteiger partial charge is 0.341 e. The summed E-state index contributed by atoms with van der Waals surface area (Å²) in [6, 6.07) is 4.66. The number of aliphatic hydroxyl groups is 1. The summed E-state index contributed by atoms with van der Waals surface area (Å²) in [4.78, 5) is 15.8. The van der Waals surface area contributed by atoms with Gasteiger partial charge in [-0.15, -0.1) is 11.3 Å². The number of hydrogen-bond donors (Lipinski definition) is 1. The minimum absolute atomic E-state index is 0.108. The summed E-state index contributed by atoms with van der Waals surface area (Å²) < 4.78 is 5.07. The Morgan fingerprint density at radius 3 is 2.85 bits per heavy atom. The Balaban J connectivity index is 2.12. The maximum atomic E-state index is 11.9. The first-order valence-corrected chi connectivity index (χ1v) is 7.06. The van der Waals surface area contributed by atoms with Crippen molar-refractivity contribution in [2.75, 3.05) is 0 Å². The Kier molecular flexibility index (Phi) is 4.77. The molecule has 0 amide bonds. The summed E-state index contributed by atoms with van der Waals surface area (Å²) in [7, 11) is 0. The highest BCUT2D eigenvalue weighted by atomic mass is 35.5. The zero-order valence-electron chi connectivity index (χ0n) is 10.0. The zero-order valence-corrected chi connectivity index (χ0v) is 12.4. The lowest BCUT2D eigenvalue weighted by molar-refractivity contribution is -0.131. The lowest BCUT2D eigenvalue weighted by Gasteiger charge is -2.11. The largest absolute Gasteiger partial charge is 0.421 e. The molecule has 2 rings (SSSR count). The number of aromatic nitrogens is 1. The number of halogens is 2. The predicted molar refractivity (Wildman–Crippen MR) is 78.3 cm³/mol. The van der Waals surface area contributed by atoms with Crippen LogP contribution in [0.1, 0.15) is 11.1 Å². The van der Waals surface area contributed by atoms with Crippen molar-refractivity contribution in [2.24, 2.45) is 0 Å². The van der Waals surface area contributed by atoms with Crippen molar-refractivity contribution in [3.8, 4) is 5.75 Å². The third-order valence-electron chi connectivity index (χ3n) is 2.40. The second-order valence-electron chi connectivity index (χ2n) is 3.74. The number of esters is 1. The molecular formula is C13H9Cl2NO3S. The van der Waals surface area contributed by atoms with Crippen molar-refractivity contribution in [1.29, 1.82) is 0 Å². The van der Waals surface area contributed by atoms with Crippen molar-refractivity contribution in [1.82, 2.24) is 4.98 Å². The van der Waals surface area contributed by atoms with Crippen LogP contribution >= 0.6 is 34.5 Å². The standard InChI is InChI=1S/C13H9Cl2NO3S/c1-7(11(17)12-16-5-6-20-12)13(18)19-9-4-2-3-8(14)10(9)15/h2-6,11,17H,1H2. The van der Waals surface area contributed by atoms with Crippen LogP contribution in [0.5, 0.6) is 5.75 Å². The Hall–Kier alpha value is -1.40. The number of carbonyl (C=O) groups excluding carboxylic acids is 1. The summed E-state index contributed by atoms with van der Waals surface area (Å²) in [6.07, 6.45) is 0.316. The van der Waals surface area contributed by atoms with Crippen molar-refractivity contribution in [3.05, 3.63) is 57.0 Å². The van der Waals surface area contributed by atoms with Crippen LogP contribution < -0.4 is 4.74 Å². The van der Waals surface area contributed by atoms with Crippen LogP contribution in [0.3, 0.4) is 0 Å². The molecule has 0 bridgehead atoms. The molecule has 0 aliphatic carbocycles. The molecule has 20 heavy (non-hydrogen) atoms. The predicted octanol–water partition coefficient (Wildman–Crippen LogP) is 3.65. The van der Waals surface area contributed by atoms with Gasteiger partial charge in [-0.25, -0.2) is 9.78 Å². The molecule has 0 saturated heterocycles. The monoisotopic (exact) mass is 329 g/mol. The third-order valence-corrected chi connectivity index (χ3v) is 4.03. The fraction of sp³-hybridized carbons (Fsp3) is 0.0769. The van der Waals surface area contributed by atoms with E-state index in [0.717, 1.165) is 0 Å². The van der Waals surface area contributed by atoms with Crippen LogP contribution in [-0.2, 0) is 4.79 Å². The fourth-order valence-electron chi connectivity index (χ4n) is 1.36. The highest BCUT2D eigenvalue weighted by Gasteiger charge is 2.23. The number of rotatable bonds is 4. The van der Waals surface area contributed by atoms with E-state index in [1.54, 1.807) is 17.5 Å². The van der Waals surface area contributed by atoms with E-state index >= 15 is 0 Å². The SMILES string of the molecule is C=C(C(=O)Oc1cccc(Cl)c1Cl)C(O)c1nccs1. The van der Waals surface area contributed by atoms with Gasteiger partial charge in [0.05, 0.1) is 10.6 Å². The molecule has 0 radical (unpaired) electrons. The molecule has 0 fully saturated rings. The topological polar surface area (TPSA) is 59.4 Å². The van der Waals surface area contributed by atoms with Crippen molar-refractivity contribution in [2.45, 2.75) is 6.10 Å². The second-order valence-corrected chi connectivity index (χ2v) is 5.45. The van der Waals surface area contributed by atoms with Crippen molar-refractivity contribution < 1.29 is 14.6 Å². The van der Waals surface area contributed by atoms with E-state index in [1.165, 1.54) is 23.6 Å². The summed E-state index contributed by atoms with van der Waals surface area (Å²) in [5, 5.41) is 12.4. The second kappa shape index (κ2) is 6.37. The highest BCUT2D eigenvalue weighted by molar-refractivity contribution is 7.09. The summed E-state index contributed by atoms with van der Waals surface area (Å²) in [6.45, 7) is 3.52. The summed E-state index contributed by atoms with van der Waals surface area (Å²) >= 11 is 12.9. The van der Waals surface area contributed by atoms with Gasteiger partial charge in [0.2, 0.25) is 0 Å². The Morgan fingerprint density at radius 2 is 2.20 bits per heavy atom. The Bertz CT molecular complexity index is 643. The van der Waals surface area contributed by atoms with E-state index in [9.17, 15) is 9.90 Å². The minimum atomic E-state index is -1.21. The molecule has 2 aromatic rings. The first kappa shape index (κ1) is 15.0. The van der Waals surface area contributed by atoms with Gasteiger partial charge in [-0.3, -0.25) is 0 Å². The molecule has 0 spiro atoms. The summed E-state index contributed by atoms with van der Waals surface area (Å²) in [5.74, 6) is -0.687. The van der Waals surface area contributed by atoms with Crippen LogP contribution in [0.15, 0.2) is 41.9 Å². The minimum Gasteiger partial charge on any atom is -0.421 e. The van der Waals surface area contributed by atoms with Crippen LogP contribution in [0, 0.1) is 0 Å². The van der Waals surface area contributed by atoms with Crippen LogP contribution in [0.25, 0.3) is 0 Å². The van der Waals surface area contributed by atoms with Gasteiger partial charge >= 0.3 is 5.97 Å². The molecule has 1 aromatic heterocycles. The van der Waals surface area contributed by atoms with Gasteiger partial charge in [0.15, 0.2) is 5.75 Å². The molecular weight excluding hydrogens is 321 g/mol. The van der Waals surface area contributed by atoms with Crippen LogP contribution in [-0.4, -0.2) is 16.1 Å². The quantitative estimate of drug-likeness (QED) is 0.528. The number of hydrogen-bond acceptors (Lipinski definition) is 5. The molecule has 7 heteroatoms. The number of carbonyl (C=O) groups is 1. The molecule has 4 nitrogen and oxygen atoms in total. The number of thiazole rings is 1. The van der Waals surface area contributed by atoms with E-state index in [4.69, 9.17) is 27.9 Å².